The summed E-state index contributed by atoms with van der Waals surface area (Å²) in [5.74, 6) is -1.32. The fourth-order valence-electron chi connectivity index (χ4n) is 3.36. The first-order valence-corrected chi connectivity index (χ1v) is 15.0. The van der Waals surface area contributed by atoms with Gasteiger partial charge in [0.1, 0.15) is 25.4 Å². The number of aromatic nitrogens is 2. The van der Waals surface area contributed by atoms with Crippen molar-refractivity contribution in [3.63, 3.8) is 0 Å². The lowest BCUT2D eigenvalue weighted by Crippen LogP contribution is -2.31. The first-order chi connectivity index (χ1) is 21.4. The summed E-state index contributed by atoms with van der Waals surface area (Å²) in [5.41, 5.74) is 8.25. The standard InChI is InChI=1S/C24H31FN4O4.C4H11N.C2H4O.C2H6.CH2O.CH4/c1-15(2)22-19(8-6-5-7-18(30)13-20(31)26-14-21(32)33)23(28-24(27-22)29(3)4)16-9-11-17(25)12-10-16;1-2-3-4-5;1-2-3;2*1-2;/h6,8-12,15,18,30H,5,7,13-14H2,1-4H3,(H,26,31)(H,32,33);2-5H2,1H3;2H,1H3;1-2H3;1H2;1H4/b8-6+;;;;;. The minimum atomic E-state index is -1.14. The summed E-state index contributed by atoms with van der Waals surface area (Å²) >= 11 is 0. The number of carbonyl (C=O) groups excluding carboxylic acids is 3. The van der Waals surface area contributed by atoms with Crippen molar-refractivity contribution in [3.8, 4) is 11.3 Å². The summed E-state index contributed by atoms with van der Waals surface area (Å²) in [6.07, 6.45) is 6.67. The molecular formula is C34H58FN5O6. The first kappa shape index (κ1) is 48.9. The number of anilines is 1. The number of rotatable bonds is 13. The smallest absolute Gasteiger partial charge is 0.322 e. The number of amides is 1. The van der Waals surface area contributed by atoms with Gasteiger partial charge >= 0.3 is 5.97 Å². The molecule has 1 aromatic heterocycles. The van der Waals surface area contributed by atoms with Crippen LogP contribution in [-0.2, 0) is 19.2 Å². The molecule has 2 aromatic rings. The molecule has 12 heteroatoms. The van der Waals surface area contributed by atoms with E-state index in [0.29, 0.717) is 24.5 Å². The van der Waals surface area contributed by atoms with Crippen LogP contribution in [0.1, 0.15) is 98.2 Å². The van der Waals surface area contributed by atoms with Crippen LogP contribution >= 0.6 is 0 Å². The zero-order chi connectivity index (χ0) is 35.4. The van der Waals surface area contributed by atoms with Crippen LogP contribution in [-0.4, -0.2) is 78.4 Å². The van der Waals surface area contributed by atoms with Crippen LogP contribution in [0.2, 0.25) is 0 Å². The van der Waals surface area contributed by atoms with Crippen molar-refractivity contribution in [2.75, 3.05) is 32.1 Å². The summed E-state index contributed by atoms with van der Waals surface area (Å²) in [6.45, 7) is 14.0. The van der Waals surface area contributed by atoms with Crippen LogP contribution < -0.4 is 16.0 Å². The second kappa shape index (κ2) is 31.0. The lowest BCUT2D eigenvalue weighted by Gasteiger charge is -2.19. The summed E-state index contributed by atoms with van der Waals surface area (Å²) in [6, 6.07) is 6.14. The van der Waals surface area contributed by atoms with Crippen molar-refractivity contribution < 1.29 is 33.8 Å². The maximum absolute atomic E-state index is 13.5. The molecule has 5 N–H and O–H groups in total. The second-order valence-corrected chi connectivity index (χ2v) is 9.61. The minimum Gasteiger partial charge on any atom is -0.480 e. The van der Waals surface area contributed by atoms with Gasteiger partial charge in [0.15, 0.2) is 0 Å². The Balaban J connectivity index is -0.000000589. The van der Waals surface area contributed by atoms with Crippen LogP contribution in [0.5, 0.6) is 0 Å². The van der Waals surface area contributed by atoms with Crippen LogP contribution in [0.15, 0.2) is 30.3 Å². The molecule has 0 fully saturated rings. The van der Waals surface area contributed by atoms with Crippen molar-refractivity contribution in [1.29, 1.82) is 0 Å². The van der Waals surface area contributed by atoms with E-state index in [2.05, 4.69) is 12.2 Å². The topological polar surface area (TPSA) is 176 Å². The predicted molar refractivity (Wildman–Crippen MR) is 186 cm³/mol. The van der Waals surface area contributed by atoms with Crippen molar-refractivity contribution in [2.45, 2.75) is 93.1 Å². The molecule has 0 aliphatic heterocycles. The molecule has 0 saturated heterocycles. The Kier molecular flexibility index (Phi) is 32.9. The van der Waals surface area contributed by atoms with Crippen molar-refractivity contribution in [1.82, 2.24) is 15.3 Å². The summed E-state index contributed by atoms with van der Waals surface area (Å²) in [5, 5.41) is 20.9. The Labute approximate surface area is 275 Å². The molecule has 11 nitrogen and oxygen atoms in total. The highest BCUT2D eigenvalue weighted by molar-refractivity contribution is 5.81. The Bertz CT molecular complexity index is 1110. The van der Waals surface area contributed by atoms with Crippen molar-refractivity contribution in [3.05, 3.63) is 47.4 Å². The number of aliphatic hydroxyl groups excluding tert-OH is 1. The van der Waals surface area contributed by atoms with Gasteiger partial charge in [-0.05, 0) is 62.9 Å². The van der Waals surface area contributed by atoms with E-state index < -0.39 is 24.5 Å². The molecule has 0 spiro atoms. The predicted octanol–water partition coefficient (Wildman–Crippen LogP) is 5.65. The number of nitrogens with zero attached hydrogens (tertiary/aromatic N) is 3. The molecule has 262 valence electrons. The van der Waals surface area contributed by atoms with Crippen molar-refractivity contribution >= 4 is 37.0 Å². The largest absolute Gasteiger partial charge is 0.480 e. The van der Waals surface area contributed by atoms with Gasteiger partial charge in [-0.15, -0.1) is 0 Å². The number of unbranched alkanes of at least 4 members (excludes halogenated alkanes) is 1. The number of aldehydes is 1. The third kappa shape index (κ3) is 22.5. The normalized spacial score (nSPS) is 10.2. The number of carboxylic acid groups (broad SMARTS) is 1. The third-order valence-electron chi connectivity index (χ3n) is 5.39. The van der Waals surface area contributed by atoms with E-state index in [9.17, 15) is 19.1 Å². The summed E-state index contributed by atoms with van der Waals surface area (Å²) in [4.78, 5) is 50.2. The number of hydrogen-bond donors (Lipinski definition) is 4. The van der Waals surface area contributed by atoms with E-state index in [4.69, 9.17) is 30.4 Å². The lowest BCUT2D eigenvalue weighted by molar-refractivity contribution is -0.138. The zero-order valence-corrected chi connectivity index (χ0v) is 28.2. The van der Waals surface area contributed by atoms with Gasteiger partial charge in [0.05, 0.1) is 23.9 Å². The molecule has 0 aliphatic rings. The second-order valence-electron chi connectivity index (χ2n) is 9.61. The number of nitrogens with two attached hydrogens (primary N) is 1. The highest BCUT2D eigenvalue weighted by atomic mass is 19.1. The third-order valence-corrected chi connectivity index (χ3v) is 5.39. The van der Waals surface area contributed by atoms with Crippen LogP contribution in [0.3, 0.4) is 0 Å². The van der Waals surface area contributed by atoms with E-state index in [0.717, 1.165) is 29.7 Å². The van der Waals surface area contributed by atoms with E-state index in [-0.39, 0.29) is 25.6 Å². The van der Waals surface area contributed by atoms with Gasteiger partial charge in [0, 0.05) is 25.2 Å². The number of allylic oxidation sites excluding steroid dienone is 1. The average Bonchev–Trinajstić information content (AvgIpc) is 3.01. The maximum Gasteiger partial charge on any atom is 0.322 e. The fourth-order valence-corrected chi connectivity index (χ4v) is 3.36. The zero-order valence-electron chi connectivity index (χ0n) is 28.2. The minimum absolute atomic E-state index is 0. The molecule has 0 radical (unpaired) electrons. The number of carboxylic acids is 1. The van der Waals surface area contributed by atoms with Gasteiger partial charge in [0.25, 0.3) is 0 Å². The van der Waals surface area contributed by atoms with Gasteiger partial charge in [-0.3, -0.25) is 9.59 Å². The number of aliphatic hydroxyl groups is 1. The van der Waals surface area contributed by atoms with Crippen LogP contribution in [0, 0.1) is 5.82 Å². The Morgan fingerprint density at radius 1 is 1.13 bits per heavy atom. The maximum atomic E-state index is 13.5. The van der Waals surface area contributed by atoms with E-state index >= 15 is 0 Å². The van der Waals surface area contributed by atoms with E-state index in [1.807, 2.05) is 65.6 Å². The summed E-state index contributed by atoms with van der Waals surface area (Å²) < 4.78 is 13.5. The number of nitrogens with one attached hydrogen (secondary N) is 1. The molecule has 46 heavy (non-hydrogen) atoms. The molecule has 0 saturated carbocycles. The number of benzene rings is 1. The number of aliphatic carboxylic acids is 1. The SMILES string of the molecule is C.C=O.CC.CC(C)c1nc(N(C)C)nc(-c2ccc(F)cc2)c1/C=C/CCC(O)CC(=O)NCC(=O)O.CC=O.CCCCN. The summed E-state index contributed by atoms with van der Waals surface area (Å²) in [7, 11) is 3.72. The number of carbonyl (C=O) groups is 4. The number of halogens is 1. The van der Waals surface area contributed by atoms with Gasteiger partial charge in [-0.2, -0.15) is 0 Å². The van der Waals surface area contributed by atoms with Gasteiger partial charge in [-0.25, -0.2) is 14.4 Å². The number of hydrogen-bond acceptors (Lipinski definition) is 9. The quantitative estimate of drug-likeness (QED) is 0.198. The molecular weight excluding hydrogens is 593 g/mol. The Morgan fingerprint density at radius 3 is 2.09 bits per heavy atom. The Hall–Kier alpha value is -4.03. The molecule has 1 heterocycles. The molecule has 0 bridgehead atoms. The van der Waals surface area contributed by atoms with Crippen LogP contribution in [0.4, 0.5) is 10.3 Å². The monoisotopic (exact) mass is 651 g/mol. The highest BCUT2D eigenvalue weighted by Crippen LogP contribution is 2.31. The molecule has 1 aromatic carbocycles. The van der Waals surface area contributed by atoms with Gasteiger partial charge in [-0.1, -0.05) is 60.6 Å². The molecule has 2 rings (SSSR count). The van der Waals surface area contributed by atoms with E-state index in [1.165, 1.54) is 31.9 Å². The first-order valence-electron chi connectivity index (χ1n) is 15.0. The highest BCUT2D eigenvalue weighted by Gasteiger charge is 2.18. The molecule has 1 amide bonds. The van der Waals surface area contributed by atoms with Gasteiger partial charge < -0.3 is 35.8 Å². The van der Waals surface area contributed by atoms with E-state index in [1.54, 1.807) is 12.1 Å². The van der Waals surface area contributed by atoms with Crippen LogP contribution in [0.25, 0.3) is 17.3 Å². The van der Waals surface area contributed by atoms with Gasteiger partial charge in [0.2, 0.25) is 11.9 Å². The molecule has 0 aliphatic carbocycles. The lowest BCUT2D eigenvalue weighted by atomic mass is 9.97. The molecule has 1 unspecified atom stereocenters. The van der Waals surface area contributed by atoms with Crippen molar-refractivity contribution in [2.24, 2.45) is 5.73 Å². The average molecular weight is 652 g/mol. The fraction of sp³-hybridized carbons (Fsp3) is 0.529. The Morgan fingerprint density at radius 2 is 1.67 bits per heavy atom. The molecule has 1 atom stereocenters.